The summed E-state index contributed by atoms with van der Waals surface area (Å²) in [7, 11) is 2.00. The van der Waals surface area contributed by atoms with Crippen LogP contribution in [-0.2, 0) is 17.8 Å². The van der Waals surface area contributed by atoms with Gasteiger partial charge in [-0.3, -0.25) is 4.79 Å². The quantitative estimate of drug-likeness (QED) is 0.858. The molecule has 0 radical (unpaired) electrons. The molecule has 0 saturated heterocycles. The Morgan fingerprint density at radius 1 is 1.23 bits per heavy atom. The number of carbonyl (C=O) groups is 1. The third kappa shape index (κ3) is 4.21. The van der Waals surface area contributed by atoms with Crippen molar-refractivity contribution in [2.24, 2.45) is 0 Å². The highest BCUT2D eigenvalue weighted by Crippen LogP contribution is 2.20. The second-order valence-electron chi connectivity index (χ2n) is 5.83. The SMILES string of the molecule is CCc1cccc(C)c1NC(=O)C[NH+](C)Cc1ccc(C)o1. The van der Waals surface area contributed by atoms with Crippen molar-refractivity contribution in [3.63, 3.8) is 0 Å². The van der Waals surface area contributed by atoms with E-state index in [1.165, 1.54) is 5.56 Å². The van der Waals surface area contributed by atoms with Gasteiger partial charge < -0.3 is 14.6 Å². The Morgan fingerprint density at radius 2 is 2.00 bits per heavy atom. The number of anilines is 1. The van der Waals surface area contributed by atoms with Crippen molar-refractivity contribution in [1.82, 2.24) is 0 Å². The maximum Gasteiger partial charge on any atom is 0.279 e. The minimum Gasteiger partial charge on any atom is -0.460 e. The summed E-state index contributed by atoms with van der Waals surface area (Å²) in [6.07, 6.45) is 0.908. The molecule has 1 unspecified atom stereocenters. The van der Waals surface area contributed by atoms with Gasteiger partial charge in [-0.2, -0.15) is 0 Å². The van der Waals surface area contributed by atoms with Gasteiger partial charge in [-0.25, -0.2) is 0 Å². The van der Waals surface area contributed by atoms with E-state index in [0.717, 1.165) is 34.1 Å². The highest BCUT2D eigenvalue weighted by Gasteiger charge is 2.14. The highest BCUT2D eigenvalue weighted by atomic mass is 16.3. The van der Waals surface area contributed by atoms with Crippen LogP contribution in [0.3, 0.4) is 0 Å². The fraction of sp³-hybridized carbons (Fsp3) is 0.389. The predicted molar refractivity (Wildman–Crippen MR) is 88.1 cm³/mol. The fourth-order valence-electron chi connectivity index (χ4n) is 2.60. The molecule has 1 aromatic heterocycles. The van der Waals surface area contributed by atoms with Crippen LogP contribution in [0.2, 0.25) is 0 Å². The number of para-hydroxylation sites is 1. The van der Waals surface area contributed by atoms with Crippen molar-refractivity contribution < 1.29 is 14.1 Å². The van der Waals surface area contributed by atoms with Gasteiger partial charge in [0.05, 0.1) is 7.05 Å². The summed E-state index contributed by atoms with van der Waals surface area (Å²) >= 11 is 0. The lowest BCUT2D eigenvalue weighted by Crippen LogP contribution is -3.08. The number of benzene rings is 1. The first-order chi connectivity index (χ1) is 10.5. The van der Waals surface area contributed by atoms with E-state index in [1.54, 1.807) is 0 Å². The topological polar surface area (TPSA) is 46.7 Å². The van der Waals surface area contributed by atoms with Gasteiger partial charge in [-0.1, -0.05) is 25.1 Å². The molecular weight excluding hydrogens is 276 g/mol. The Hall–Kier alpha value is -2.07. The van der Waals surface area contributed by atoms with Crippen molar-refractivity contribution in [3.8, 4) is 0 Å². The summed E-state index contributed by atoms with van der Waals surface area (Å²) in [4.78, 5) is 13.4. The predicted octanol–water partition coefficient (Wildman–Crippen LogP) is 2.11. The zero-order chi connectivity index (χ0) is 16.1. The van der Waals surface area contributed by atoms with Gasteiger partial charge in [-0.05, 0) is 43.5 Å². The third-order valence-electron chi connectivity index (χ3n) is 3.74. The van der Waals surface area contributed by atoms with Crippen LogP contribution in [0.1, 0.15) is 29.6 Å². The monoisotopic (exact) mass is 301 g/mol. The molecule has 2 rings (SSSR count). The van der Waals surface area contributed by atoms with Gasteiger partial charge in [0.1, 0.15) is 12.3 Å². The first kappa shape index (κ1) is 16.3. The first-order valence-electron chi connectivity index (χ1n) is 7.74. The molecule has 0 bridgehead atoms. The summed E-state index contributed by atoms with van der Waals surface area (Å²) < 4.78 is 5.56. The molecule has 22 heavy (non-hydrogen) atoms. The highest BCUT2D eigenvalue weighted by molar-refractivity contribution is 5.93. The van der Waals surface area contributed by atoms with Gasteiger partial charge in [-0.15, -0.1) is 0 Å². The van der Waals surface area contributed by atoms with Crippen LogP contribution in [0, 0.1) is 13.8 Å². The maximum atomic E-state index is 12.3. The minimum absolute atomic E-state index is 0.0322. The van der Waals surface area contributed by atoms with Gasteiger partial charge in [0.2, 0.25) is 0 Å². The summed E-state index contributed by atoms with van der Waals surface area (Å²) in [6, 6.07) is 10.0. The number of amides is 1. The number of furan rings is 1. The zero-order valence-corrected chi connectivity index (χ0v) is 13.8. The molecular formula is C18H25N2O2+. The number of hydrogen-bond acceptors (Lipinski definition) is 2. The number of carbonyl (C=O) groups excluding carboxylic acids is 1. The van der Waals surface area contributed by atoms with Crippen LogP contribution in [0.25, 0.3) is 0 Å². The smallest absolute Gasteiger partial charge is 0.279 e. The Kier molecular flexibility index (Phi) is 5.39. The second-order valence-corrected chi connectivity index (χ2v) is 5.83. The molecule has 4 nitrogen and oxygen atoms in total. The first-order valence-corrected chi connectivity index (χ1v) is 7.74. The standard InChI is InChI=1S/C18H24N2O2/c1-5-15-8-6-7-13(2)18(15)19-17(21)12-20(4)11-16-10-9-14(3)22-16/h6-10H,5,11-12H2,1-4H3,(H,19,21)/p+1. The molecule has 0 aliphatic rings. The van der Waals surface area contributed by atoms with Crippen LogP contribution < -0.4 is 10.2 Å². The van der Waals surface area contributed by atoms with Gasteiger partial charge in [0.25, 0.3) is 5.91 Å². The normalized spacial score (nSPS) is 12.2. The molecule has 1 atom stereocenters. The van der Waals surface area contributed by atoms with E-state index in [-0.39, 0.29) is 5.91 Å². The van der Waals surface area contributed by atoms with E-state index in [2.05, 4.69) is 18.3 Å². The molecule has 1 amide bonds. The summed E-state index contributed by atoms with van der Waals surface area (Å²) in [6.45, 7) is 7.17. The Morgan fingerprint density at radius 3 is 2.64 bits per heavy atom. The Labute approximate surface area is 132 Å². The molecule has 0 spiro atoms. The van der Waals surface area contributed by atoms with Crippen molar-refractivity contribution in [1.29, 1.82) is 0 Å². The van der Waals surface area contributed by atoms with Crippen molar-refractivity contribution in [3.05, 3.63) is 53.0 Å². The second kappa shape index (κ2) is 7.27. The van der Waals surface area contributed by atoms with Gasteiger partial charge >= 0.3 is 0 Å². The van der Waals surface area contributed by atoms with E-state index in [1.807, 2.05) is 45.2 Å². The van der Waals surface area contributed by atoms with E-state index < -0.39 is 0 Å². The summed E-state index contributed by atoms with van der Waals surface area (Å²) in [5, 5.41) is 3.06. The number of quaternary nitrogens is 1. The number of nitrogens with one attached hydrogen (secondary N) is 2. The maximum absolute atomic E-state index is 12.3. The molecule has 1 aromatic carbocycles. The third-order valence-corrected chi connectivity index (χ3v) is 3.74. The lowest BCUT2D eigenvalue weighted by atomic mass is 10.1. The lowest BCUT2D eigenvalue weighted by Gasteiger charge is -2.15. The van der Waals surface area contributed by atoms with E-state index in [9.17, 15) is 4.79 Å². The minimum atomic E-state index is 0.0322. The Bertz CT molecular complexity index is 646. The van der Waals surface area contributed by atoms with Crippen molar-refractivity contribution in [2.45, 2.75) is 33.7 Å². The molecule has 0 fully saturated rings. The lowest BCUT2D eigenvalue weighted by molar-refractivity contribution is -0.886. The zero-order valence-electron chi connectivity index (χ0n) is 13.8. The number of hydrogen-bond donors (Lipinski definition) is 2. The molecule has 4 heteroatoms. The summed E-state index contributed by atoms with van der Waals surface area (Å²) in [5.74, 6) is 1.84. The summed E-state index contributed by atoms with van der Waals surface area (Å²) in [5.41, 5.74) is 3.23. The van der Waals surface area contributed by atoms with E-state index in [4.69, 9.17) is 4.42 Å². The number of aryl methyl sites for hydroxylation is 3. The fourth-order valence-corrected chi connectivity index (χ4v) is 2.60. The van der Waals surface area contributed by atoms with E-state index in [0.29, 0.717) is 13.1 Å². The molecule has 1 heterocycles. The number of rotatable bonds is 6. The van der Waals surface area contributed by atoms with E-state index >= 15 is 0 Å². The van der Waals surface area contributed by atoms with Crippen LogP contribution in [0.15, 0.2) is 34.7 Å². The molecule has 2 aromatic rings. The number of likely N-dealkylation sites (N-methyl/N-ethyl adjacent to an activating group) is 1. The molecule has 118 valence electrons. The van der Waals surface area contributed by atoms with Gasteiger partial charge in [0, 0.05) is 5.69 Å². The average molecular weight is 301 g/mol. The molecule has 0 aliphatic heterocycles. The largest absolute Gasteiger partial charge is 0.460 e. The van der Waals surface area contributed by atoms with Crippen LogP contribution in [0.5, 0.6) is 0 Å². The van der Waals surface area contributed by atoms with Crippen LogP contribution in [0.4, 0.5) is 5.69 Å². The van der Waals surface area contributed by atoms with Crippen molar-refractivity contribution >= 4 is 11.6 Å². The molecule has 0 aliphatic carbocycles. The molecule has 2 N–H and O–H groups in total. The van der Waals surface area contributed by atoms with Crippen molar-refractivity contribution in [2.75, 3.05) is 18.9 Å². The van der Waals surface area contributed by atoms with Gasteiger partial charge in [0.15, 0.2) is 12.3 Å². The van der Waals surface area contributed by atoms with Crippen LogP contribution >= 0.6 is 0 Å². The molecule has 0 saturated carbocycles. The average Bonchev–Trinajstić information content (AvgIpc) is 2.86. The Balaban J connectivity index is 1.95. The van der Waals surface area contributed by atoms with Crippen LogP contribution in [-0.4, -0.2) is 19.5 Å².